The lowest BCUT2D eigenvalue weighted by molar-refractivity contribution is -0.137. The van der Waals surface area contributed by atoms with Crippen LogP contribution in [0.4, 0.5) is 13.2 Å². The molecule has 3 nitrogen and oxygen atoms in total. The topological polar surface area (TPSA) is 35.5 Å². The maximum absolute atomic E-state index is 12.8. The lowest BCUT2D eigenvalue weighted by Crippen LogP contribution is -2.41. The molecule has 0 aliphatic carbocycles. The third-order valence-electron chi connectivity index (χ3n) is 4.67. The maximum Gasteiger partial charge on any atom is 0.491 e. The van der Waals surface area contributed by atoms with Gasteiger partial charge in [-0.3, -0.25) is 4.79 Å². The highest BCUT2D eigenvalue weighted by Crippen LogP contribution is 2.40. The Balaban J connectivity index is 2.39. The quantitative estimate of drug-likeness (QED) is 0.589. The van der Waals surface area contributed by atoms with Gasteiger partial charge in [-0.15, -0.1) is 0 Å². The van der Waals surface area contributed by atoms with Crippen LogP contribution in [-0.4, -0.2) is 29.2 Å². The molecule has 0 radical (unpaired) electrons. The van der Waals surface area contributed by atoms with E-state index in [9.17, 15) is 18.0 Å². The van der Waals surface area contributed by atoms with E-state index in [4.69, 9.17) is 20.9 Å². The SMILES string of the molecule is CC(=O)SCC(=Cc1ccc(C(F)(F)F)cc1Cl)B1OC(C)(C)C(C)(C)O1. The molecule has 0 bridgehead atoms. The molecule has 0 N–H and O–H groups in total. The van der Waals surface area contributed by atoms with Gasteiger partial charge in [-0.2, -0.15) is 13.2 Å². The molecule has 0 spiro atoms. The summed E-state index contributed by atoms with van der Waals surface area (Å²) in [5, 5.41) is -0.123. The first kappa shape index (κ1) is 22.3. The zero-order valence-corrected chi connectivity index (χ0v) is 17.3. The Morgan fingerprint density at radius 2 is 1.78 bits per heavy atom. The third kappa shape index (κ3) is 5.31. The fourth-order valence-corrected chi connectivity index (χ4v) is 3.20. The highest BCUT2D eigenvalue weighted by atomic mass is 35.5. The van der Waals surface area contributed by atoms with Crippen LogP contribution in [0.25, 0.3) is 6.08 Å². The van der Waals surface area contributed by atoms with Crippen LogP contribution in [0, 0.1) is 0 Å². The van der Waals surface area contributed by atoms with Gasteiger partial charge < -0.3 is 9.31 Å². The van der Waals surface area contributed by atoms with Crippen molar-refractivity contribution in [2.75, 3.05) is 5.75 Å². The number of benzene rings is 1. The maximum atomic E-state index is 12.8. The van der Waals surface area contributed by atoms with Gasteiger partial charge in [0, 0.05) is 17.7 Å². The van der Waals surface area contributed by atoms with Crippen molar-refractivity contribution in [2.45, 2.75) is 52.0 Å². The van der Waals surface area contributed by atoms with E-state index in [0.29, 0.717) is 11.0 Å². The number of carbonyl (C=O) groups is 1. The van der Waals surface area contributed by atoms with E-state index in [1.54, 1.807) is 6.08 Å². The zero-order chi connectivity index (χ0) is 20.6. The summed E-state index contributed by atoms with van der Waals surface area (Å²) < 4.78 is 50.5. The molecule has 0 atom stereocenters. The minimum Gasteiger partial charge on any atom is -0.400 e. The van der Waals surface area contributed by atoms with Gasteiger partial charge in [0.25, 0.3) is 0 Å². The van der Waals surface area contributed by atoms with Crippen molar-refractivity contribution in [1.29, 1.82) is 0 Å². The molecule has 9 heteroatoms. The van der Waals surface area contributed by atoms with Crippen LogP contribution < -0.4 is 0 Å². The predicted octanol–water partition coefficient (Wildman–Crippen LogP) is 5.65. The molecule has 1 aliphatic heterocycles. The molecule has 1 aromatic carbocycles. The van der Waals surface area contributed by atoms with E-state index in [1.165, 1.54) is 13.0 Å². The Bertz CT molecular complexity index is 747. The second kappa shape index (κ2) is 7.81. The average Bonchev–Trinajstić information content (AvgIpc) is 2.71. The largest absolute Gasteiger partial charge is 0.491 e. The second-order valence-electron chi connectivity index (χ2n) is 7.32. The van der Waals surface area contributed by atoms with Gasteiger partial charge in [-0.25, -0.2) is 0 Å². The van der Waals surface area contributed by atoms with Crippen LogP contribution in [-0.2, 0) is 20.3 Å². The first-order chi connectivity index (χ1) is 12.2. The van der Waals surface area contributed by atoms with Crippen LogP contribution in [0.2, 0.25) is 5.02 Å². The standard InChI is InChI=1S/C18H21BClF3O3S/c1-11(24)27-10-14(19-25-16(2,3)17(4,5)26-19)8-12-6-7-13(9-15(12)20)18(21,22)23/h6-9H,10H2,1-5H3. The number of thioether (sulfide) groups is 1. The number of halogens is 4. The summed E-state index contributed by atoms with van der Waals surface area (Å²) in [5.41, 5.74) is -0.961. The van der Waals surface area contributed by atoms with Crippen molar-refractivity contribution >= 4 is 41.7 Å². The highest BCUT2D eigenvalue weighted by Gasteiger charge is 2.52. The Labute approximate surface area is 166 Å². The predicted molar refractivity (Wildman–Crippen MR) is 104 cm³/mol. The van der Waals surface area contributed by atoms with Gasteiger partial charge in [0.2, 0.25) is 0 Å². The Kier molecular flexibility index (Phi) is 6.46. The van der Waals surface area contributed by atoms with Crippen molar-refractivity contribution in [1.82, 2.24) is 0 Å². The fraction of sp³-hybridized carbons (Fsp3) is 0.500. The molecule has 1 aromatic rings. The minimum absolute atomic E-state index is 0.0355. The number of carbonyl (C=O) groups excluding carboxylic acids is 1. The van der Waals surface area contributed by atoms with Crippen molar-refractivity contribution < 1.29 is 27.3 Å². The molecular formula is C18H21BClF3O3S. The molecule has 1 heterocycles. The van der Waals surface area contributed by atoms with Gasteiger partial charge in [-0.05, 0) is 50.9 Å². The van der Waals surface area contributed by atoms with Crippen LogP contribution >= 0.6 is 23.4 Å². The van der Waals surface area contributed by atoms with Crippen LogP contribution in [0.3, 0.4) is 0 Å². The van der Waals surface area contributed by atoms with Gasteiger partial charge in [0.15, 0.2) is 5.12 Å². The molecule has 1 saturated heterocycles. The van der Waals surface area contributed by atoms with E-state index in [2.05, 4.69) is 0 Å². The second-order valence-corrected chi connectivity index (χ2v) is 8.88. The summed E-state index contributed by atoms with van der Waals surface area (Å²) in [4.78, 5) is 11.4. The summed E-state index contributed by atoms with van der Waals surface area (Å²) in [5.74, 6) is 0.281. The van der Waals surface area contributed by atoms with Gasteiger partial charge >= 0.3 is 13.3 Å². The van der Waals surface area contributed by atoms with E-state index >= 15 is 0 Å². The number of alkyl halides is 3. The van der Waals surface area contributed by atoms with Gasteiger partial charge in [-0.1, -0.05) is 35.5 Å². The first-order valence-corrected chi connectivity index (χ1v) is 9.65. The number of rotatable bonds is 4. The molecule has 1 aliphatic rings. The molecule has 148 valence electrons. The Morgan fingerprint density at radius 3 is 2.22 bits per heavy atom. The summed E-state index contributed by atoms with van der Waals surface area (Å²) in [6.45, 7) is 9.03. The minimum atomic E-state index is -4.47. The summed E-state index contributed by atoms with van der Waals surface area (Å²) >= 11 is 7.13. The third-order valence-corrected chi connectivity index (χ3v) is 5.88. The monoisotopic (exact) mass is 420 g/mol. The van der Waals surface area contributed by atoms with E-state index in [0.717, 1.165) is 23.9 Å². The molecule has 0 unspecified atom stereocenters. The Morgan fingerprint density at radius 1 is 1.22 bits per heavy atom. The van der Waals surface area contributed by atoms with Crippen molar-refractivity contribution in [3.05, 3.63) is 39.8 Å². The summed E-state index contributed by atoms with van der Waals surface area (Å²) in [6.07, 6.45) is -2.84. The van der Waals surface area contributed by atoms with E-state index < -0.39 is 30.1 Å². The number of hydrogen-bond donors (Lipinski definition) is 0. The highest BCUT2D eigenvalue weighted by molar-refractivity contribution is 8.13. The molecule has 2 rings (SSSR count). The zero-order valence-electron chi connectivity index (χ0n) is 15.7. The molecule has 0 saturated carbocycles. The van der Waals surface area contributed by atoms with Crippen molar-refractivity contribution in [3.8, 4) is 0 Å². The lowest BCUT2D eigenvalue weighted by Gasteiger charge is -2.32. The summed E-state index contributed by atoms with van der Waals surface area (Å²) in [6, 6.07) is 3.15. The molecule has 1 fully saturated rings. The van der Waals surface area contributed by atoms with Crippen LogP contribution in [0.15, 0.2) is 23.7 Å². The molecule has 0 aromatic heterocycles. The van der Waals surface area contributed by atoms with Crippen LogP contribution in [0.1, 0.15) is 45.7 Å². The fourth-order valence-electron chi connectivity index (χ4n) is 2.38. The molecular weight excluding hydrogens is 400 g/mol. The molecule has 27 heavy (non-hydrogen) atoms. The number of hydrogen-bond acceptors (Lipinski definition) is 4. The van der Waals surface area contributed by atoms with Crippen LogP contribution in [0.5, 0.6) is 0 Å². The lowest BCUT2D eigenvalue weighted by atomic mass is 9.78. The van der Waals surface area contributed by atoms with Gasteiger partial charge in [0.05, 0.1) is 16.8 Å². The normalized spacial score (nSPS) is 19.4. The Hall–Kier alpha value is -0.955. The first-order valence-electron chi connectivity index (χ1n) is 8.29. The average molecular weight is 421 g/mol. The van der Waals surface area contributed by atoms with Gasteiger partial charge in [0.1, 0.15) is 0 Å². The summed E-state index contributed by atoms with van der Waals surface area (Å²) in [7, 11) is -0.722. The van der Waals surface area contributed by atoms with Crippen molar-refractivity contribution in [3.63, 3.8) is 0 Å². The van der Waals surface area contributed by atoms with E-state index in [-0.39, 0.29) is 15.9 Å². The van der Waals surface area contributed by atoms with E-state index in [1.807, 2.05) is 27.7 Å². The van der Waals surface area contributed by atoms with Crippen molar-refractivity contribution in [2.24, 2.45) is 0 Å². The smallest absolute Gasteiger partial charge is 0.400 e. The molecule has 0 amide bonds.